The second kappa shape index (κ2) is 10.4. The molecule has 0 unspecified atom stereocenters. The molecule has 8 nitrogen and oxygen atoms in total. The van der Waals surface area contributed by atoms with Crippen LogP contribution in [0.4, 0.5) is 0 Å². The van der Waals surface area contributed by atoms with E-state index in [0.717, 1.165) is 16.7 Å². The molecule has 0 saturated carbocycles. The van der Waals surface area contributed by atoms with Gasteiger partial charge in [0, 0.05) is 29.4 Å². The SMILES string of the molecule is COC(=O)[C@H](Cc1cccc(C(N)=O)c1)[C@@H](C)NC(=O)c1ccc(-c2cc[nH]c(=O)c2)cc1. The van der Waals surface area contributed by atoms with E-state index in [1.54, 1.807) is 67.7 Å². The van der Waals surface area contributed by atoms with Gasteiger partial charge in [0.25, 0.3) is 5.91 Å². The van der Waals surface area contributed by atoms with Crippen molar-refractivity contribution in [3.63, 3.8) is 0 Å². The number of nitrogens with one attached hydrogen (secondary N) is 2. The fourth-order valence-corrected chi connectivity index (χ4v) is 3.55. The maximum absolute atomic E-state index is 12.8. The summed E-state index contributed by atoms with van der Waals surface area (Å²) < 4.78 is 4.94. The molecule has 8 heteroatoms. The van der Waals surface area contributed by atoms with E-state index >= 15 is 0 Å². The predicted octanol–water partition coefficient (Wildman–Crippen LogP) is 2.29. The van der Waals surface area contributed by atoms with Gasteiger partial charge in [-0.15, -0.1) is 0 Å². The molecule has 0 aliphatic carbocycles. The number of benzene rings is 2. The number of H-pyrrole nitrogens is 1. The number of carbonyl (C=O) groups excluding carboxylic acids is 3. The summed E-state index contributed by atoms with van der Waals surface area (Å²) in [5.74, 6) is -2.05. The molecule has 3 aromatic rings. The minimum absolute atomic E-state index is 0.210. The van der Waals surface area contributed by atoms with Crippen LogP contribution in [0.5, 0.6) is 0 Å². The summed E-state index contributed by atoms with van der Waals surface area (Å²) >= 11 is 0. The van der Waals surface area contributed by atoms with E-state index in [1.165, 1.54) is 13.2 Å². The number of aromatic nitrogens is 1. The first-order valence-corrected chi connectivity index (χ1v) is 10.3. The van der Waals surface area contributed by atoms with Crippen LogP contribution in [0.2, 0.25) is 0 Å². The molecule has 0 saturated heterocycles. The lowest BCUT2D eigenvalue weighted by Gasteiger charge is -2.23. The highest BCUT2D eigenvalue weighted by molar-refractivity contribution is 5.95. The third kappa shape index (κ3) is 5.94. The van der Waals surface area contributed by atoms with Crippen molar-refractivity contribution in [2.75, 3.05) is 7.11 Å². The number of hydrogen-bond acceptors (Lipinski definition) is 5. The van der Waals surface area contributed by atoms with Gasteiger partial charge in [0.1, 0.15) is 0 Å². The second-order valence-electron chi connectivity index (χ2n) is 7.68. The molecule has 2 amide bonds. The fourth-order valence-electron chi connectivity index (χ4n) is 3.55. The van der Waals surface area contributed by atoms with Crippen molar-refractivity contribution in [3.8, 4) is 11.1 Å². The first-order chi connectivity index (χ1) is 15.8. The molecule has 2 atom stereocenters. The number of primary amides is 1. The Balaban J connectivity index is 1.73. The number of ether oxygens (including phenoxy) is 1. The minimum atomic E-state index is -0.669. The van der Waals surface area contributed by atoms with Crippen molar-refractivity contribution >= 4 is 17.8 Å². The Morgan fingerprint density at radius 1 is 1.00 bits per heavy atom. The highest BCUT2D eigenvalue weighted by Crippen LogP contribution is 2.19. The minimum Gasteiger partial charge on any atom is -0.469 e. The number of methoxy groups -OCH3 is 1. The van der Waals surface area contributed by atoms with E-state index in [0.29, 0.717) is 11.1 Å². The van der Waals surface area contributed by atoms with Crippen molar-refractivity contribution in [3.05, 3.63) is 93.9 Å². The van der Waals surface area contributed by atoms with E-state index in [9.17, 15) is 19.2 Å². The van der Waals surface area contributed by atoms with Crippen LogP contribution in [0.1, 0.15) is 33.2 Å². The number of rotatable bonds is 8. The largest absolute Gasteiger partial charge is 0.469 e. The molecular formula is C25H25N3O5. The number of hydrogen-bond donors (Lipinski definition) is 3. The van der Waals surface area contributed by atoms with Crippen LogP contribution >= 0.6 is 0 Å². The lowest BCUT2D eigenvalue weighted by atomic mass is 9.92. The molecule has 0 aliphatic rings. The zero-order valence-electron chi connectivity index (χ0n) is 18.3. The highest BCUT2D eigenvalue weighted by atomic mass is 16.5. The van der Waals surface area contributed by atoms with Gasteiger partial charge in [-0.05, 0) is 60.4 Å². The van der Waals surface area contributed by atoms with Gasteiger partial charge < -0.3 is 20.8 Å². The van der Waals surface area contributed by atoms with E-state index in [4.69, 9.17) is 10.5 Å². The van der Waals surface area contributed by atoms with Crippen LogP contribution < -0.4 is 16.6 Å². The molecule has 0 fully saturated rings. The molecule has 33 heavy (non-hydrogen) atoms. The Morgan fingerprint density at radius 2 is 1.73 bits per heavy atom. The molecule has 3 rings (SSSR count). The summed E-state index contributed by atoms with van der Waals surface area (Å²) in [6, 6.07) is 16.2. The molecule has 4 N–H and O–H groups in total. The third-order valence-corrected chi connectivity index (χ3v) is 5.39. The lowest BCUT2D eigenvalue weighted by Crippen LogP contribution is -2.42. The van der Waals surface area contributed by atoms with Gasteiger partial charge in [-0.1, -0.05) is 24.3 Å². The van der Waals surface area contributed by atoms with Gasteiger partial charge in [0.2, 0.25) is 11.5 Å². The van der Waals surface area contributed by atoms with Crippen LogP contribution in [0, 0.1) is 5.92 Å². The smallest absolute Gasteiger partial charge is 0.311 e. The Kier molecular flexibility index (Phi) is 7.40. The third-order valence-electron chi connectivity index (χ3n) is 5.39. The maximum Gasteiger partial charge on any atom is 0.311 e. The molecule has 2 aromatic carbocycles. The first kappa shape index (κ1) is 23.5. The van der Waals surface area contributed by atoms with Gasteiger partial charge in [-0.25, -0.2) is 0 Å². The van der Waals surface area contributed by atoms with Crippen molar-refractivity contribution in [1.29, 1.82) is 0 Å². The molecule has 1 heterocycles. The molecule has 1 aromatic heterocycles. The van der Waals surface area contributed by atoms with Gasteiger partial charge >= 0.3 is 5.97 Å². The number of aromatic amines is 1. The summed E-state index contributed by atoms with van der Waals surface area (Å²) in [5, 5.41) is 2.85. The molecule has 170 valence electrons. The van der Waals surface area contributed by atoms with E-state index in [2.05, 4.69) is 10.3 Å². The number of carbonyl (C=O) groups is 3. The van der Waals surface area contributed by atoms with Gasteiger partial charge in [0.15, 0.2) is 0 Å². The van der Waals surface area contributed by atoms with Crippen molar-refractivity contribution in [2.45, 2.75) is 19.4 Å². The molecule has 0 bridgehead atoms. The van der Waals surface area contributed by atoms with Gasteiger partial charge in [0.05, 0.1) is 13.0 Å². The average Bonchev–Trinajstić information content (AvgIpc) is 2.82. The summed E-state index contributed by atoms with van der Waals surface area (Å²) in [7, 11) is 1.29. The second-order valence-corrected chi connectivity index (χ2v) is 7.68. The lowest BCUT2D eigenvalue weighted by molar-refractivity contribution is -0.146. The zero-order chi connectivity index (χ0) is 24.0. The Hall–Kier alpha value is -4.20. The Morgan fingerprint density at radius 3 is 2.36 bits per heavy atom. The van der Waals surface area contributed by atoms with Crippen molar-refractivity contribution in [1.82, 2.24) is 10.3 Å². The maximum atomic E-state index is 12.8. The summed E-state index contributed by atoms with van der Waals surface area (Å²) in [4.78, 5) is 50.7. The quantitative estimate of drug-likeness (QED) is 0.456. The monoisotopic (exact) mass is 447 g/mol. The molecule has 0 radical (unpaired) electrons. The summed E-state index contributed by atoms with van der Waals surface area (Å²) in [6.45, 7) is 1.72. The topological polar surface area (TPSA) is 131 Å². The number of esters is 1. The molecular weight excluding hydrogens is 422 g/mol. The first-order valence-electron chi connectivity index (χ1n) is 10.3. The van der Waals surface area contributed by atoms with E-state index < -0.39 is 23.8 Å². The predicted molar refractivity (Wildman–Crippen MR) is 124 cm³/mol. The standard InChI is InChI=1S/C25H25N3O5/c1-15(21(25(32)33-2)13-16-4-3-5-20(12-16)23(26)30)28-24(31)18-8-6-17(7-9-18)19-10-11-27-22(29)14-19/h3-12,14-15,21H,13H2,1-2H3,(H2,26,30)(H,27,29)(H,28,31)/t15-,21-/m1/s1. The van der Waals surface area contributed by atoms with Gasteiger partial charge in [-0.3, -0.25) is 19.2 Å². The zero-order valence-corrected chi connectivity index (χ0v) is 18.3. The average molecular weight is 447 g/mol. The highest BCUT2D eigenvalue weighted by Gasteiger charge is 2.28. The molecule has 0 aliphatic heterocycles. The van der Waals surface area contributed by atoms with Crippen LogP contribution in [0.25, 0.3) is 11.1 Å². The summed E-state index contributed by atoms with van der Waals surface area (Å²) in [5.41, 5.74) is 8.15. The summed E-state index contributed by atoms with van der Waals surface area (Å²) in [6.07, 6.45) is 1.82. The Bertz CT molecular complexity index is 1220. The van der Waals surface area contributed by atoms with Gasteiger partial charge in [-0.2, -0.15) is 0 Å². The van der Waals surface area contributed by atoms with Crippen LogP contribution in [-0.4, -0.2) is 35.9 Å². The van der Waals surface area contributed by atoms with Crippen LogP contribution in [0.3, 0.4) is 0 Å². The van der Waals surface area contributed by atoms with Crippen LogP contribution in [-0.2, 0) is 16.0 Å². The number of pyridine rings is 1. The normalized spacial score (nSPS) is 12.4. The van der Waals surface area contributed by atoms with Crippen molar-refractivity contribution in [2.24, 2.45) is 11.7 Å². The van der Waals surface area contributed by atoms with E-state index in [-0.39, 0.29) is 17.9 Å². The van der Waals surface area contributed by atoms with Crippen LogP contribution in [0.15, 0.2) is 71.7 Å². The number of nitrogens with two attached hydrogens (primary N) is 1. The Labute approximate surface area is 190 Å². The van der Waals surface area contributed by atoms with E-state index in [1.807, 2.05) is 0 Å². The number of amides is 2. The molecule has 0 spiro atoms. The van der Waals surface area contributed by atoms with Crippen molar-refractivity contribution < 1.29 is 19.1 Å². The fraction of sp³-hybridized carbons (Fsp3) is 0.200.